The maximum atomic E-state index is 6.39. The summed E-state index contributed by atoms with van der Waals surface area (Å²) in [6.45, 7) is 0. The van der Waals surface area contributed by atoms with E-state index in [1.807, 2.05) is 24.5 Å². The van der Waals surface area contributed by atoms with E-state index in [9.17, 15) is 0 Å². The van der Waals surface area contributed by atoms with Crippen LogP contribution in [0.3, 0.4) is 0 Å². The normalized spacial score (nSPS) is 16.4. The van der Waals surface area contributed by atoms with Crippen LogP contribution in [0.25, 0.3) is 10.6 Å². The standard InChI is InChI=1S/C26H22BrCl2N3S/c27-19-7-4-17(5-8-19)26-32-23-3-1-2-22(25(23)33-26)31-24(14-16-10-12-30-13-11-16)18-6-9-20(28)21(29)15-18/h4-13,15,22,24,31H,1-3,14H2. The van der Waals surface area contributed by atoms with Crippen LogP contribution in [-0.2, 0) is 12.8 Å². The topological polar surface area (TPSA) is 37.8 Å². The predicted octanol–water partition coefficient (Wildman–Crippen LogP) is 8.23. The quantitative estimate of drug-likeness (QED) is 0.259. The zero-order valence-electron chi connectivity index (χ0n) is 17.8. The lowest BCUT2D eigenvalue weighted by Gasteiger charge is -2.29. The van der Waals surface area contributed by atoms with Crippen LogP contribution in [0, 0.1) is 0 Å². The third-order valence-corrected chi connectivity index (χ3v) is 8.51. The Kier molecular flexibility index (Phi) is 7.14. The minimum atomic E-state index is 0.0938. The number of benzene rings is 2. The van der Waals surface area contributed by atoms with Gasteiger partial charge in [-0.05, 0) is 73.2 Å². The van der Waals surface area contributed by atoms with Gasteiger partial charge < -0.3 is 5.32 Å². The highest BCUT2D eigenvalue weighted by atomic mass is 79.9. The van der Waals surface area contributed by atoms with Crippen LogP contribution >= 0.6 is 50.5 Å². The van der Waals surface area contributed by atoms with E-state index in [1.165, 1.54) is 16.1 Å². The summed E-state index contributed by atoms with van der Waals surface area (Å²) in [6.07, 6.45) is 7.76. The third kappa shape index (κ3) is 5.33. The number of nitrogens with zero attached hydrogens (tertiary/aromatic N) is 2. The Morgan fingerprint density at radius 1 is 1.03 bits per heavy atom. The van der Waals surface area contributed by atoms with Crippen LogP contribution in [0.1, 0.15) is 46.6 Å². The molecule has 1 aliphatic carbocycles. The molecular weight excluding hydrogens is 537 g/mol. The molecule has 1 N–H and O–H groups in total. The molecule has 0 amide bonds. The fraction of sp³-hybridized carbons (Fsp3) is 0.231. The Morgan fingerprint density at radius 3 is 2.58 bits per heavy atom. The number of hydrogen-bond acceptors (Lipinski definition) is 4. The number of fused-ring (bicyclic) bond motifs is 1. The number of hydrogen-bond donors (Lipinski definition) is 1. The number of halogens is 3. The Balaban J connectivity index is 1.46. The summed E-state index contributed by atoms with van der Waals surface area (Å²) in [6, 6.07) is 18.8. The molecule has 4 aromatic rings. The van der Waals surface area contributed by atoms with Crippen molar-refractivity contribution in [3.63, 3.8) is 0 Å². The Morgan fingerprint density at radius 2 is 1.82 bits per heavy atom. The van der Waals surface area contributed by atoms with Gasteiger partial charge in [0.2, 0.25) is 0 Å². The average molecular weight is 559 g/mol. The number of thiazole rings is 1. The van der Waals surface area contributed by atoms with Crippen molar-refractivity contribution in [2.24, 2.45) is 0 Å². The molecule has 0 bridgehead atoms. The maximum Gasteiger partial charge on any atom is 0.123 e. The molecule has 2 unspecified atom stereocenters. The molecule has 2 aromatic heterocycles. The highest BCUT2D eigenvalue weighted by Gasteiger charge is 2.28. The molecule has 33 heavy (non-hydrogen) atoms. The molecule has 7 heteroatoms. The summed E-state index contributed by atoms with van der Waals surface area (Å²) in [5.74, 6) is 0. The summed E-state index contributed by atoms with van der Waals surface area (Å²) < 4.78 is 1.08. The summed E-state index contributed by atoms with van der Waals surface area (Å²) in [7, 11) is 0. The molecule has 0 spiro atoms. The summed E-state index contributed by atoms with van der Waals surface area (Å²) >= 11 is 17.9. The fourth-order valence-electron chi connectivity index (χ4n) is 4.29. The Labute approximate surface area is 216 Å². The lowest BCUT2D eigenvalue weighted by atomic mass is 9.94. The molecule has 0 aliphatic heterocycles. The Bertz CT molecular complexity index is 1240. The van der Waals surface area contributed by atoms with Crippen LogP contribution in [0.2, 0.25) is 10.0 Å². The van der Waals surface area contributed by atoms with E-state index in [0.717, 1.165) is 46.3 Å². The van der Waals surface area contributed by atoms with Crippen LogP contribution in [0.5, 0.6) is 0 Å². The van der Waals surface area contributed by atoms with Gasteiger partial charge in [0.25, 0.3) is 0 Å². The van der Waals surface area contributed by atoms with E-state index < -0.39 is 0 Å². The van der Waals surface area contributed by atoms with E-state index in [-0.39, 0.29) is 12.1 Å². The molecule has 5 rings (SSSR count). The second kappa shape index (κ2) is 10.2. The molecule has 168 valence electrons. The van der Waals surface area contributed by atoms with Gasteiger partial charge in [0, 0.05) is 39.4 Å². The molecule has 3 nitrogen and oxygen atoms in total. The van der Waals surface area contributed by atoms with Crippen LogP contribution in [0.4, 0.5) is 0 Å². The first kappa shape index (κ1) is 23.0. The summed E-state index contributed by atoms with van der Waals surface area (Å²) in [4.78, 5) is 10.5. The molecule has 2 aromatic carbocycles. The maximum absolute atomic E-state index is 6.39. The SMILES string of the molecule is Clc1ccc(C(Cc2ccncc2)NC2CCCc3nc(-c4ccc(Br)cc4)sc32)cc1Cl. The number of aromatic nitrogens is 2. The van der Waals surface area contributed by atoms with Gasteiger partial charge in [0.05, 0.1) is 15.7 Å². The van der Waals surface area contributed by atoms with Crippen molar-refractivity contribution in [2.45, 2.75) is 37.8 Å². The molecule has 1 aliphatic rings. The second-order valence-corrected chi connectivity index (χ2v) is 11.0. The average Bonchev–Trinajstić information content (AvgIpc) is 3.27. The second-order valence-electron chi connectivity index (χ2n) is 8.23. The molecule has 2 heterocycles. The van der Waals surface area contributed by atoms with Crippen molar-refractivity contribution in [1.29, 1.82) is 0 Å². The lowest BCUT2D eigenvalue weighted by molar-refractivity contribution is 0.401. The van der Waals surface area contributed by atoms with Crippen molar-refractivity contribution >= 4 is 50.5 Å². The minimum absolute atomic E-state index is 0.0938. The van der Waals surface area contributed by atoms with Crippen molar-refractivity contribution in [2.75, 3.05) is 0 Å². The van der Waals surface area contributed by atoms with E-state index in [0.29, 0.717) is 10.0 Å². The Hall–Kier alpha value is -1.76. The van der Waals surface area contributed by atoms with Crippen molar-refractivity contribution in [3.05, 3.63) is 103 Å². The largest absolute Gasteiger partial charge is 0.302 e. The minimum Gasteiger partial charge on any atom is -0.302 e. The summed E-state index contributed by atoms with van der Waals surface area (Å²) in [5, 5.41) is 6.18. The van der Waals surface area contributed by atoms with Crippen LogP contribution < -0.4 is 5.32 Å². The zero-order valence-corrected chi connectivity index (χ0v) is 21.7. The van der Waals surface area contributed by atoms with Crippen molar-refractivity contribution < 1.29 is 0 Å². The van der Waals surface area contributed by atoms with E-state index in [2.05, 4.69) is 68.7 Å². The molecule has 0 fully saturated rings. The van der Waals surface area contributed by atoms with Gasteiger partial charge in [-0.3, -0.25) is 4.98 Å². The van der Waals surface area contributed by atoms with Gasteiger partial charge in [0.1, 0.15) is 5.01 Å². The van der Waals surface area contributed by atoms with Crippen molar-refractivity contribution in [3.8, 4) is 10.6 Å². The first-order chi connectivity index (χ1) is 16.1. The van der Waals surface area contributed by atoms with Gasteiger partial charge in [-0.2, -0.15) is 0 Å². The van der Waals surface area contributed by atoms with Crippen LogP contribution in [0.15, 0.2) is 71.5 Å². The molecule has 2 atom stereocenters. The molecule has 0 saturated heterocycles. The van der Waals surface area contributed by atoms with Crippen molar-refractivity contribution in [1.82, 2.24) is 15.3 Å². The van der Waals surface area contributed by atoms with Gasteiger partial charge in [-0.1, -0.05) is 57.3 Å². The molecule has 0 saturated carbocycles. The summed E-state index contributed by atoms with van der Waals surface area (Å²) in [5.41, 5.74) is 4.74. The highest BCUT2D eigenvalue weighted by molar-refractivity contribution is 9.10. The third-order valence-electron chi connectivity index (χ3n) is 5.98. The van der Waals surface area contributed by atoms with Gasteiger partial charge >= 0.3 is 0 Å². The monoisotopic (exact) mass is 557 g/mol. The van der Waals surface area contributed by atoms with E-state index in [1.54, 1.807) is 11.3 Å². The van der Waals surface area contributed by atoms with E-state index >= 15 is 0 Å². The highest BCUT2D eigenvalue weighted by Crippen LogP contribution is 2.40. The first-order valence-corrected chi connectivity index (χ1v) is 13.3. The molecular formula is C26H22BrCl2N3S. The molecule has 0 radical (unpaired) electrons. The number of nitrogens with one attached hydrogen (secondary N) is 1. The lowest BCUT2D eigenvalue weighted by Crippen LogP contribution is -2.30. The van der Waals surface area contributed by atoms with Gasteiger partial charge in [-0.25, -0.2) is 4.98 Å². The number of rotatable bonds is 6. The zero-order chi connectivity index (χ0) is 22.8. The van der Waals surface area contributed by atoms with E-state index in [4.69, 9.17) is 28.2 Å². The first-order valence-electron chi connectivity index (χ1n) is 10.9. The van der Waals surface area contributed by atoms with Gasteiger partial charge in [-0.15, -0.1) is 11.3 Å². The predicted molar refractivity (Wildman–Crippen MR) is 141 cm³/mol. The van der Waals surface area contributed by atoms with Gasteiger partial charge in [0.15, 0.2) is 0 Å². The smallest absolute Gasteiger partial charge is 0.123 e. The number of aryl methyl sites for hydroxylation is 1. The van der Waals surface area contributed by atoms with Crippen LogP contribution in [-0.4, -0.2) is 9.97 Å². The number of pyridine rings is 1. The fourth-order valence-corrected chi connectivity index (χ4v) is 6.08.